The van der Waals surface area contributed by atoms with Crippen molar-refractivity contribution >= 4 is 41.0 Å². The number of nitrogens with one attached hydrogen (secondary N) is 3. The first-order chi connectivity index (χ1) is 19.0. The number of urea groups is 1. The van der Waals surface area contributed by atoms with Crippen molar-refractivity contribution in [3.8, 4) is 0 Å². The third-order valence-electron chi connectivity index (χ3n) is 6.20. The molecule has 1 aliphatic heterocycles. The lowest BCUT2D eigenvalue weighted by Crippen LogP contribution is -2.35. The molecule has 0 spiro atoms. The number of aromatic nitrogens is 2. The Bertz CT molecular complexity index is 1480. The van der Waals surface area contributed by atoms with Gasteiger partial charge in [-0.05, 0) is 53.9 Å². The van der Waals surface area contributed by atoms with Gasteiger partial charge in [0, 0.05) is 29.5 Å². The van der Waals surface area contributed by atoms with E-state index >= 15 is 0 Å². The number of amides is 4. The van der Waals surface area contributed by atoms with Crippen molar-refractivity contribution in [1.29, 1.82) is 0 Å². The molecule has 0 aliphatic carbocycles. The zero-order valence-corrected chi connectivity index (χ0v) is 21.1. The molecule has 1 fully saturated rings. The second kappa shape index (κ2) is 11.4. The van der Waals surface area contributed by atoms with E-state index in [0.717, 1.165) is 16.8 Å². The van der Waals surface area contributed by atoms with E-state index in [9.17, 15) is 14.4 Å². The quantitative estimate of drug-likeness (QED) is 0.295. The van der Waals surface area contributed by atoms with Crippen LogP contribution in [-0.2, 0) is 16.0 Å². The summed E-state index contributed by atoms with van der Waals surface area (Å²) < 4.78 is 5.15. The van der Waals surface area contributed by atoms with Crippen LogP contribution in [0, 0.1) is 6.92 Å². The number of aryl methyl sites for hydroxylation is 1. The predicted octanol–water partition coefficient (Wildman–Crippen LogP) is 5.44. The molecule has 4 aromatic rings. The van der Waals surface area contributed by atoms with Gasteiger partial charge in [-0.25, -0.2) is 24.5 Å². The summed E-state index contributed by atoms with van der Waals surface area (Å²) in [5.41, 5.74) is 4.42. The van der Waals surface area contributed by atoms with E-state index in [1.54, 1.807) is 54.9 Å². The predicted molar refractivity (Wildman–Crippen MR) is 147 cm³/mol. The Morgan fingerprint density at radius 3 is 2.36 bits per heavy atom. The highest BCUT2D eigenvalue weighted by Gasteiger charge is 2.38. The minimum absolute atomic E-state index is 0.0230. The number of cyclic esters (lactones) is 1. The smallest absolute Gasteiger partial charge is 0.417 e. The van der Waals surface area contributed by atoms with Crippen molar-refractivity contribution in [1.82, 2.24) is 14.9 Å². The zero-order valence-electron chi connectivity index (χ0n) is 21.1. The van der Waals surface area contributed by atoms with E-state index in [0.29, 0.717) is 22.9 Å². The fraction of sp³-hybridized carbons (Fsp3) is 0.138. The number of hydrogen-bond donors (Lipinski definition) is 3. The average Bonchev–Trinajstić information content (AvgIpc) is 3.34. The highest BCUT2D eigenvalue weighted by atomic mass is 16.6. The van der Waals surface area contributed by atoms with Crippen molar-refractivity contribution in [2.45, 2.75) is 19.4 Å². The zero-order chi connectivity index (χ0) is 27.2. The molecule has 1 aromatic heterocycles. The number of nitrogens with zero attached hydrogens (tertiary/aromatic N) is 3. The van der Waals surface area contributed by atoms with E-state index in [1.807, 2.05) is 43.3 Å². The molecule has 1 saturated heterocycles. The molecule has 5 rings (SSSR count). The molecule has 3 aromatic carbocycles. The highest BCUT2D eigenvalue weighted by Crippen LogP contribution is 2.28. The summed E-state index contributed by atoms with van der Waals surface area (Å²) >= 11 is 0. The van der Waals surface area contributed by atoms with Crippen molar-refractivity contribution in [3.05, 3.63) is 108 Å². The topological polar surface area (TPSA) is 126 Å². The SMILES string of the molecule is Cc1ccc(NC(=O)Nc2ccc(CC(=O)N3C(=O)OCC3c3ccccc3)cc2)cc1Nc1ncccn1. The maximum atomic E-state index is 13.0. The number of ether oxygens (including phenoxy) is 1. The molecule has 2 heterocycles. The van der Waals surface area contributed by atoms with Crippen LogP contribution in [0.2, 0.25) is 0 Å². The summed E-state index contributed by atoms with van der Waals surface area (Å²) in [5.74, 6) is 0.104. The van der Waals surface area contributed by atoms with Crippen LogP contribution in [0.25, 0.3) is 0 Å². The molecule has 1 unspecified atom stereocenters. The molecule has 0 radical (unpaired) electrons. The van der Waals surface area contributed by atoms with E-state index in [-0.39, 0.29) is 18.9 Å². The summed E-state index contributed by atoms with van der Waals surface area (Å²) in [6.45, 7) is 2.07. The number of anilines is 4. The molecule has 39 heavy (non-hydrogen) atoms. The van der Waals surface area contributed by atoms with Gasteiger partial charge in [-0.1, -0.05) is 48.5 Å². The molecule has 1 aliphatic rings. The molecule has 196 valence electrons. The third kappa shape index (κ3) is 6.19. The summed E-state index contributed by atoms with van der Waals surface area (Å²) in [5, 5.41) is 8.73. The number of rotatable bonds is 7. The summed E-state index contributed by atoms with van der Waals surface area (Å²) in [6, 6.07) is 22.5. The van der Waals surface area contributed by atoms with Gasteiger partial charge < -0.3 is 20.7 Å². The van der Waals surface area contributed by atoms with Crippen LogP contribution in [0.3, 0.4) is 0 Å². The van der Waals surface area contributed by atoms with E-state index in [2.05, 4.69) is 25.9 Å². The normalized spacial score (nSPS) is 14.4. The van der Waals surface area contributed by atoms with Crippen molar-refractivity contribution < 1.29 is 19.1 Å². The maximum absolute atomic E-state index is 13.0. The largest absolute Gasteiger partial charge is 0.446 e. The van der Waals surface area contributed by atoms with Crippen LogP contribution in [0.5, 0.6) is 0 Å². The van der Waals surface area contributed by atoms with Crippen LogP contribution in [0.15, 0.2) is 91.3 Å². The summed E-state index contributed by atoms with van der Waals surface area (Å²) in [7, 11) is 0. The molecule has 0 bridgehead atoms. The standard InChI is InChI=1S/C29H26N6O4/c1-19-8-11-23(17-24(19)34-27-30-14-5-15-31-27)33-28(37)32-22-12-9-20(10-13-22)16-26(36)35-25(18-39-29(35)38)21-6-3-2-4-7-21/h2-15,17,25H,16,18H2,1H3,(H,30,31,34)(H2,32,33,37). The maximum Gasteiger partial charge on any atom is 0.417 e. The van der Waals surface area contributed by atoms with Gasteiger partial charge in [-0.2, -0.15) is 0 Å². The van der Waals surface area contributed by atoms with Crippen LogP contribution in [0.1, 0.15) is 22.7 Å². The Hall–Kier alpha value is -5.25. The Kier molecular flexibility index (Phi) is 7.44. The van der Waals surface area contributed by atoms with Gasteiger partial charge in [0.2, 0.25) is 11.9 Å². The van der Waals surface area contributed by atoms with Gasteiger partial charge in [-0.15, -0.1) is 0 Å². The van der Waals surface area contributed by atoms with Crippen molar-refractivity contribution in [2.75, 3.05) is 22.6 Å². The Balaban J connectivity index is 1.18. The number of imide groups is 1. The number of hydrogen-bond acceptors (Lipinski definition) is 7. The van der Waals surface area contributed by atoms with E-state index in [1.165, 1.54) is 4.90 Å². The van der Waals surface area contributed by atoms with Gasteiger partial charge in [0.05, 0.1) is 6.42 Å². The molecule has 1 atom stereocenters. The monoisotopic (exact) mass is 522 g/mol. The lowest BCUT2D eigenvalue weighted by Gasteiger charge is -2.20. The minimum atomic E-state index is -0.644. The van der Waals surface area contributed by atoms with Crippen LogP contribution in [0.4, 0.5) is 32.6 Å². The number of carbonyl (C=O) groups is 3. The van der Waals surface area contributed by atoms with Crippen LogP contribution < -0.4 is 16.0 Å². The van der Waals surface area contributed by atoms with Crippen molar-refractivity contribution in [3.63, 3.8) is 0 Å². The molecule has 10 nitrogen and oxygen atoms in total. The first kappa shape index (κ1) is 25.4. The fourth-order valence-corrected chi connectivity index (χ4v) is 4.20. The van der Waals surface area contributed by atoms with Gasteiger partial charge >= 0.3 is 12.1 Å². The van der Waals surface area contributed by atoms with Gasteiger partial charge in [0.15, 0.2) is 0 Å². The molecule has 0 saturated carbocycles. The Morgan fingerprint density at radius 2 is 1.62 bits per heavy atom. The summed E-state index contributed by atoms with van der Waals surface area (Å²) in [6.07, 6.45) is 2.66. The first-order valence-corrected chi connectivity index (χ1v) is 12.3. The lowest BCUT2D eigenvalue weighted by molar-refractivity contribution is -0.128. The first-order valence-electron chi connectivity index (χ1n) is 12.3. The third-order valence-corrected chi connectivity index (χ3v) is 6.20. The van der Waals surface area contributed by atoms with Gasteiger partial charge in [0.25, 0.3) is 0 Å². The molecular weight excluding hydrogens is 496 g/mol. The second-order valence-electron chi connectivity index (χ2n) is 8.95. The van der Waals surface area contributed by atoms with E-state index < -0.39 is 18.2 Å². The van der Waals surface area contributed by atoms with Crippen LogP contribution in [-0.4, -0.2) is 39.5 Å². The van der Waals surface area contributed by atoms with Crippen molar-refractivity contribution in [2.24, 2.45) is 0 Å². The Labute approximate surface area is 225 Å². The minimum Gasteiger partial charge on any atom is -0.446 e. The lowest BCUT2D eigenvalue weighted by atomic mass is 10.1. The number of carbonyl (C=O) groups excluding carboxylic acids is 3. The van der Waals surface area contributed by atoms with E-state index in [4.69, 9.17) is 4.74 Å². The summed E-state index contributed by atoms with van der Waals surface area (Å²) in [4.78, 5) is 47.3. The van der Waals surface area contributed by atoms with Crippen LogP contribution >= 0.6 is 0 Å². The highest BCUT2D eigenvalue weighted by molar-refractivity contribution is 6.00. The molecular formula is C29H26N6O4. The fourth-order valence-electron chi connectivity index (χ4n) is 4.20. The second-order valence-corrected chi connectivity index (χ2v) is 8.95. The Morgan fingerprint density at radius 1 is 0.923 bits per heavy atom. The molecule has 10 heteroatoms. The molecule has 3 N–H and O–H groups in total. The number of benzene rings is 3. The van der Waals surface area contributed by atoms with Gasteiger partial charge in [0.1, 0.15) is 12.6 Å². The molecule has 4 amide bonds. The van der Waals surface area contributed by atoms with Gasteiger partial charge in [-0.3, -0.25) is 4.79 Å². The average molecular weight is 523 g/mol.